The number of rotatable bonds is 2. The van der Waals surface area contributed by atoms with Crippen molar-refractivity contribution in [2.24, 2.45) is 5.92 Å². The van der Waals surface area contributed by atoms with Crippen molar-refractivity contribution in [2.45, 2.75) is 57.4 Å². The molecule has 3 atom stereocenters. The van der Waals surface area contributed by atoms with Gasteiger partial charge in [-0.05, 0) is 73.1 Å². The van der Waals surface area contributed by atoms with Gasteiger partial charge < -0.3 is 4.57 Å². The lowest BCUT2D eigenvalue weighted by atomic mass is 9.60. The van der Waals surface area contributed by atoms with Gasteiger partial charge in [-0.25, -0.2) is 4.98 Å². The number of nitrogens with zero attached hydrogens (tertiary/aromatic N) is 2. The van der Waals surface area contributed by atoms with Crippen LogP contribution in [0.2, 0.25) is 5.02 Å². The summed E-state index contributed by atoms with van der Waals surface area (Å²) in [5.41, 5.74) is 4.85. The molecule has 4 heteroatoms. The monoisotopic (exact) mass is 350 g/mol. The number of benzene rings is 1. The number of imidazole rings is 1. The number of halogens is 2. The van der Waals surface area contributed by atoms with Crippen LogP contribution in [0.3, 0.4) is 0 Å². The van der Waals surface area contributed by atoms with Gasteiger partial charge in [-0.15, -0.1) is 12.4 Å². The predicted molar refractivity (Wildman–Crippen MR) is 97.7 cm³/mol. The Bertz CT molecular complexity index is 696. The van der Waals surface area contributed by atoms with E-state index in [2.05, 4.69) is 41.7 Å². The molecular weight excluding hydrogens is 327 g/mol. The molecule has 1 heterocycles. The number of hydrogen-bond acceptors (Lipinski definition) is 1. The van der Waals surface area contributed by atoms with E-state index in [4.69, 9.17) is 11.6 Å². The van der Waals surface area contributed by atoms with Gasteiger partial charge in [-0.1, -0.05) is 24.6 Å². The fourth-order valence-corrected chi connectivity index (χ4v) is 5.07. The van der Waals surface area contributed by atoms with Crippen molar-refractivity contribution in [2.75, 3.05) is 0 Å². The van der Waals surface area contributed by atoms with E-state index in [1.165, 1.54) is 31.2 Å². The van der Waals surface area contributed by atoms with E-state index >= 15 is 0 Å². The second-order valence-electron chi connectivity index (χ2n) is 7.39. The average Bonchev–Trinajstić information content (AvgIpc) is 3.03. The van der Waals surface area contributed by atoms with E-state index in [0.717, 1.165) is 11.4 Å². The summed E-state index contributed by atoms with van der Waals surface area (Å²) in [6.45, 7) is 4.78. The third-order valence-electron chi connectivity index (χ3n) is 5.98. The van der Waals surface area contributed by atoms with Gasteiger partial charge in [0.2, 0.25) is 0 Å². The third-order valence-corrected chi connectivity index (χ3v) is 6.33. The van der Waals surface area contributed by atoms with Crippen LogP contribution in [0, 0.1) is 5.92 Å². The Morgan fingerprint density at radius 1 is 1.39 bits per heavy atom. The molecule has 0 amide bonds. The zero-order valence-electron chi connectivity index (χ0n) is 13.8. The number of hydrogen-bond donors (Lipinski definition) is 0. The molecule has 0 fully saturated rings. The highest BCUT2D eigenvalue weighted by Crippen LogP contribution is 2.51. The second kappa shape index (κ2) is 6.14. The van der Waals surface area contributed by atoms with Crippen LogP contribution in [0.25, 0.3) is 0 Å². The van der Waals surface area contributed by atoms with Gasteiger partial charge in [0.05, 0.1) is 6.33 Å². The summed E-state index contributed by atoms with van der Waals surface area (Å²) in [5.74, 6) is 0.623. The van der Waals surface area contributed by atoms with E-state index in [1.54, 1.807) is 11.1 Å². The summed E-state index contributed by atoms with van der Waals surface area (Å²) in [7, 11) is 0. The Balaban J connectivity index is 0.00000156. The fraction of sp³-hybridized carbons (Fsp3) is 0.526. The molecule has 0 saturated heterocycles. The van der Waals surface area contributed by atoms with Gasteiger partial charge in [0.25, 0.3) is 0 Å². The van der Waals surface area contributed by atoms with Gasteiger partial charge in [0, 0.05) is 23.5 Å². The highest BCUT2D eigenvalue weighted by Gasteiger charge is 2.42. The fourth-order valence-electron chi connectivity index (χ4n) is 4.84. The topological polar surface area (TPSA) is 17.8 Å². The Morgan fingerprint density at radius 2 is 2.22 bits per heavy atom. The van der Waals surface area contributed by atoms with Gasteiger partial charge in [0.15, 0.2) is 0 Å². The van der Waals surface area contributed by atoms with E-state index in [1.807, 2.05) is 12.5 Å². The molecule has 1 aromatic carbocycles. The first kappa shape index (κ1) is 16.9. The minimum absolute atomic E-state index is 0. The maximum atomic E-state index is 6.60. The highest BCUT2D eigenvalue weighted by molar-refractivity contribution is 6.31. The van der Waals surface area contributed by atoms with Gasteiger partial charge >= 0.3 is 0 Å². The largest absolute Gasteiger partial charge is 0.334 e. The van der Waals surface area contributed by atoms with E-state index in [0.29, 0.717) is 17.4 Å². The number of aryl methyl sites for hydroxylation is 1. The Hall–Kier alpha value is -0.990. The summed E-state index contributed by atoms with van der Waals surface area (Å²) in [6.07, 6.45) is 12.1. The summed E-state index contributed by atoms with van der Waals surface area (Å²) in [4.78, 5) is 4.22. The van der Waals surface area contributed by atoms with Gasteiger partial charge in [-0.2, -0.15) is 0 Å². The SMILES string of the molecule is CC(C1Cc2c(Cl)ccc3c2C(C)(CCC3)C1)n1ccnc1.Cl. The second-order valence-corrected chi connectivity index (χ2v) is 7.80. The van der Waals surface area contributed by atoms with Crippen LogP contribution in [0.1, 0.15) is 55.8 Å². The van der Waals surface area contributed by atoms with Crippen LogP contribution in [0.4, 0.5) is 0 Å². The van der Waals surface area contributed by atoms with Crippen LogP contribution in [0.5, 0.6) is 0 Å². The van der Waals surface area contributed by atoms with Crippen LogP contribution < -0.4 is 0 Å². The molecule has 0 N–H and O–H groups in total. The first-order valence-electron chi connectivity index (χ1n) is 8.37. The zero-order chi connectivity index (χ0) is 15.3. The van der Waals surface area contributed by atoms with E-state index in [9.17, 15) is 0 Å². The Labute approximate surface area is 149 Å². The standard InChI is InChI=1S/C19H23ClN2.ClH/c1-13(22-9-8-21-12-22)15-10-16-17(20)6-5-14-4-3-7-19(2,11-15)18(14)16;/h5-6,8-9,12-13,15H,3-4,7,10-11H2,1-2H3;1H. The summed E-state index contributed by atoms with van der Waals surface area (Å²) < 4.78 is 2.25. The number of aromatic nitrogens is 2. The molecule has 1 aromatic heterocycles. The average molecular weight is 351 g/mol. The van der Waals surface area contributed by atoms with Crippen LogP contribution >= 0.6 is 24.0 Å². The van der Waals surface area contributed by atoms with Gasteiger partial charge in [-0.3, -0.25) is 0 Å². The summed E-state index contributed by atoms with van der Waals surface area (Å²) >= 11 is 6.60. The molecule has 2 aliphatic rings. The molecule has 0 bridgehead atoms. The molecule has 124 valence electrons. The highest BCUT2D eigenvalue weighted by atomic mass is 35.5. The molecule has 0 radical (unpaired) electrons. The lowest BCUT2D eigenvalue weighted by Gasteiger charge is -2.46. The molecule has 2 aliphatic carbocycles. The lowest BCUT2D eigenvalue weighted by Crippen LogP contribution is -2.38. The van der Waals surface area contributed by atoms with Crippen molar-refractivity contribution < 1.29 is 0 Å². The quantitative estimate of drug-likeness (QED) is 0.711. The van der Waals surface area contributed by atoms with Crippen molar-refractivity contribution in [3.05, 3.63) is 52.6 Å². The molecule has 2 aromatic rings. The molecule has 0 aliphatic heterocycles. The molecule has 3 unspecified atom stereocenters. The summed E-state index contributed by atoms with van der Waals surface area (Å²) in [5, 5.41) is 0.967. The smallest absolute Gasteiger partial charge is 0.0948 e. The van der Waals surface area contributed by atoms with Crippen LogP contribution in [0.15, 0.2) is 30.9 Å². The Kier molecular flexibility index (Phi) is 4.50. The Morgan fingerprint density at radius 3 is 2.96 bits per heavy atom. The zero-order valence-corrected chi connectivity index (χ0v) is 15.3. The maximum absolute atomic E-state index is 6.60. The first-order chi connectivity index (χ1) is 10.6. The van der Waals surface area contributed by atoms with E-state index < -0.39 is 0 Å². The molecule has 0 saturated carbocycles. The van der Waals surface area contributed by atoms with Crippen molar-refractivity contribution in [1.82, 2.24) is 9.55 Å². The molecule has 0 spiro atoms. The van der Waals surface area contributed by atoms with Crippen molar-refractivity contribution >= 4 is 24.0 Å². The third kappa shape index (κ3) is 2.70. The van der Waals surface area contributed by atoms with Gasteiger partial charge in [0.1, 0.15) is 0 Å². The molecule has 23 heavy (non-hydrogen) atoms. The minimum atomic E-state index is 0. The first-order valence-corrected chi connectivity index (χ1v) is 8.74. The van der Waals surface area contributed by atoms with Crippen LogP contribution in [-0.2, 0) is 18.3 Å². The molecule has 2 nitrogen and oxygen atoms in total. The minimum Gasteiger partial charge on any atom is -0.334 e. The predicted octanol–water partition coefficient (Wildman–Crippen LogP) is 5.38. The lowest BCUT2D eigenvalue weighted by molar-refractivity contribution is 0.219. The molecule has 4 rings (SSSR count). The van der Waals surface area contributed by atoms with Crippen molar-refractivity contribution in [3.63, 3.8) is 0 Å². The molecular formula is C19H24Cl2N2. The van der Waals surface area contributed by atoms with Crippen molar-refractivity contribution in [3.8, 4) is 0 Å². The van der Waals surface area contributed by atoms with Crippen LogP contribution in [-0.4, -0.2) is 9.55 Å². The maximum Gasteiger partial charge on any atom is 0.0948 e. The van der Waals surface area contributed by atoms with E-state index in [-0.39, 0.29) is 12.4 Å². The van der Waals surface area contributed by atoms with Crippen molar-refractivity contribution in [1.29, 1.82) is 0 Å². The normalized spacial score (nSPS) is 27.0. The summed E-state index contributed by atoms with van der Waals surface area (Å²) in [6, 6.07) is 4.85.